The van der Waals surface area contributed by atoms with Crippen LogP contribution < -0.4 is 4.31 Å². The minimum Gasteiger partial charge on any atom is -0.338 e. The van der Waals surface area contributed by atoms with Gasteiger partial charge in [-0.25, -0.2) is 12.8 Å². The Kier molecular flexibility index (Phi) is 5.74. The molecule has 0 aliphatic carbocycles. The van der Waals surface area contributed by atoms with Gasteiger partial charge in [0.2, 0.25) is 5.91 Å². The van der Waals surface area contributed by atoms with Crippen LogP contribution in [0.1, 0.15) is 12.0 Å². The molecule has 0 spiro atoms. The molecule has 0 aromatic heterocycles. The Morgan fingerprint density at radius 1 is 1.10 bits per heavy atom. The number of carbonyl (C=O) groups is 1. The molecule has 2 aliphatic rings. The average molecular weight is 452 g/mol. The average Bonchev–Trinajstić information content (AvgIpc) is 2.74. The lowest BCUT2D eigenvalue weighted by atomic mass is 9.97. The Labute approximate surface area is 180 Å². The normalized spacial score (nSPS) is 20.2. The SMILES string of the molecule is CN1CCN(C(=O)[C@H]2CCc3ccccc3N2S(=O)(=O)c2ccc(F)c(Cl)c2)CC1. The van der Waals surface area contributed by atoms with Crippen molar-refractivity contribution < 1.29 is 17.6 Å². The molecule has 1 saturated heterocycles. The predicted octanol–water partition coefficient (Wildman–Crippen LogP) is 2.76. The minimum absolute atomic E-state index is 0.137. The molecular formula is C21H23ClFN3O3S. The third-order valence-corrected chi connectivity index (χ3v) is 7.86. The molecule has 1 fully saturated rings. The summed E-state index contributed by atoms with van der Waals surface area (Å²) in [6.45, 7) is 2.61. The van der Waals surface area contributed by atoms with Crippen LogP contribution in [-0.2, 0) is 21.2 Å². The quantitative estimate of drug-likeness (QED) is 0.720. The van der Waals surface area contributed by atoms with E-state index in [2.05, 4.69) is 4.90 Å². The molecule has 30 heavy (non-hydrogen) atoms. The molecule has 1 amide bonds. The van der Waals surface area contributed by atoms with Crippen LogP contribution in [0.15, 0.2) is 47.4 Å². The Balaban J connectivity index is 1.77. The van der Waals surface area contributed by atoms with Gasteiger partial charge in [0.1, 0.15) is 11.9 Å². The summed E-state index contributed by atoms with van der Waals surface area (Å²) in [6.07, 6.45) is 0.993. The number of hydrogen-bond donors (Lipinski definition) is 0. The van der Waals surface area contributed by atoms with Crippen molar-refractivity contribution in [1.29, 1.82) is 0 Å². The van der Waals surface area contributed by atoms with Crippen LogP contribution in [0.25, 0.3) is 0 Å². The first-order valence-electron chi connectivity index (χ1n) is 9.84. The standard InChI is InChI=1S/C21H23ClFN3O3S/c1-24-10-12-25(13-11-24)21(27)20-9-6-15-4-2-3-5-19(15)26(20)30(28,29)16-7-8-18(23)17(22)14-16/h2-5,7-8,14,20H,6,9-13H2,1H3/t20-/m1/s1. The lowest BCUT2D eigenvalue weighted by molar-refractivity contribution is -0.134. The Bertz CT molecular complexity index is 1070. The zero-order chi connectivity index (χ0) is 21.5. The van der Waals surface area contributed by atoms with Crippen LogP contribution in [0.4, 0.5) is 10.1 Å². The van der Waals surface area contributed by atoms with E-state index < -0.39 is 21.9 Å². The number of halogens is 2. The van der Waals surface area contributed by atoms with E-state index in [4.69, 9.17) is 11.6 Å². The number of amides is 1. The summed E-state index contributed by atoms with van der Waals surface area (Å²) in [4.78, 5) is 17.1. The molecule has 6 nitrogen and oxygen atoms in total. The first-order chi connectivity index (χ1) is 14.3. The van der Waals surface area contributed by atoms with Crippen molar-refractivity contribution in [2.75, 3.05) is 37.5 Å². The molecule has 160 valence electrons. The molecule has 0 N–H and O–H groups in total. The summed E-state index contributed by atoms with van der Waals surface area (Å²) in [7, 11) is -2.14. The van der Waals surface area contributed by atoms with Gasteiger partial charge in [0.15, 0.2) is 0 Å². The maximum atomic E-state index is 13.6. The van der Waals surface area contributed by atoms with E-state index in [1.54, 1.807) is 17.0 Å². The second-order valence-corrected chi connectivity index (χ2v) is 9.91. The van der Waals surface area contributed by atoms with Crippen molar-refractivity contribution in [1.82, 2.24) is 9.80 Å². The molecule has 2 aromatic carbocycles. The fraction of sp³-hybridized carbons (Fsp3) is 0.381. The van der Waals surface area contributed by atoms with Crippen LogP contribution >= 0.6 is 11.6 Å². The maximum Gasteiger partial charge on any atom is 0.265 e. The zero-order valence-corrected chi connectivity index (χ0v) is 18.2. The third kappa shape index (κ3) is 3.79. The second kappa shape index (κ2) is 8.17. The summed E-state index contributed by atoms with van der Waals surface area (Å²) >= 11 is 5.86. The van der Waals surface area contributed by atoms with Gasteiger partial charge >= 0.3 is 0 Å². The van der Waals surface area contributed by atoms with Crippen LogP contribution in [0.3, 0.4) is 0 Å². The maximum absolute atomic E-state index is 13.6. The summed E-state index contributed by atoms with van der Waals surface area (Å²) in [5, 5.41) is -0.275. The van der Waals surface area contributed by atoms with Gasteiger partial charge in [0.25, 0.3) is 10.0 Å². The second-order valence-electron chi connectivity index (χ2n) is 7.69. The molecule has 2 heterocycles. The van der Waals surface area contributed by atoms with Gasteiger partial charge < -0.3 is 9.80 Å². The summed E-state index contributed by atoms with van der Waals surface area (Å²) in [5.74, 6) is -0.894. The number of aryl methyl sites for hydroxylation is 1. The monoisotopic (exact) mass is 451 g/mol. The van der Waals surface area contributed by atoms with Gasteiger partial charge in [0, 0.05) is 26.2 Å². The van der Waals surface area contributed by atoms with Crippen molar-refractivity contribution >= 4 is 33.2 Å². The van der Waals surface area contributed by atoms with Crippen LogP contribution in [0.5, 0.6) is 0 Å². The molecule has 0 unspecified atom stereocenters. The predicted molar refractivity (Wildman–Crippen MR) is 114 cm³/mol. The van der Waals surface area contributed by atoms with Gasteiger partial charge in [-0.05, 0) is 49.7 Å². The lowest BCUT2D eigenvalue weighted by Gasteiger charge is -2.41. The van der Waals surface area contributed by atoms with E-state index in [0.29, 0.717) is 31.6 Å². The first kappa shape index (κ1) is 21.1. The fourth-order valence-electron chi connectivity index (χ4n) is 4.02. The molecule has 2 aromatic rings. The highest BCUT2D eigenvalue weighted by Gasteiger charge is 2.41. The minimum atomic E-state index is -4.13. The number of para-hydroxylation sites is 1. The highest BCUT2D eigenvalue weighted by Crippen LogP contribution is 2.36. The molecule has 9 heteroatoms. The highest BCUT2D eigenvalue weighted by atomic mass is 35.5. The largest absolute Gasteiger partial charge is 0.338 e. The van der Waals surface area contributed by atoms with E-state index in [1.165, 1.54) is 10.4 Å². The number of hydrogen-bond acceptors (Lipinski definition) is 4. The van der Waals surface area contributed by atoms with Crippen LogP contribution in [0, 0.1) is 5.82 Å². The molecule has 1 atom stereocenters. The molecule has 0 radical (unpaired) electrons. The van der Waals surface area contributed by atoms with Gasteiger partial charge in [-0.2, -0.15) is 0 Å². The number of fused-ring (bicyclic) bond motifs is 1. The summed E-state index contributed by atoms with van der Waals surface area (Å²) < 4.78 is 42.1. The Morgan fingerprint density at radius 3 is 2.50 bits per heavy atom. The Morgan fingerprint density at radius 2 is 1.80 bits per heavy atom. The number of anilines is 1. The van der Waals surface area contributed by atoms with E-state index in [-0.39, 0.29) is 15.8 Å². The van der Waals surface area contributed by atoms with Crippen molar-refractivity contribution in [3.05, 3.63) is 58.9 Å². The van der Waals surface area contributed by atoms with E-state index >= 15 is 0 Å². The van der Waals surface area contributed by atoms with E-state index in [0.717, 1.165) is 30.8 Å². The van der Waals surface area contributed by atoms with Crippen molar-refractivity contribution in [3.8, 4) is 0 Å². The molecule has 0 bridgehead atoms. The Hall–Kier alpha value is -2.16. The van der Waals surface area contributed by atoms with Crippen LogP contribution in [-0.4, -0.2) is 63.4 Å². The van der Waals surface area contributed by atoms with Gasteiger partial charge in [0.05, 0.1) is 15.6 Å². The highest BCUT2D eigenvalue weighted by molar-refractivity contribution is 7.93. The molecule has 0 saturated carbocycles. The van der Waals surface area contributed by atoms with E-state index in [9.17, 15) is 17.6 Å². The van der Waals surface area contributed by atoms with Gasteiger partial charge in [-0.15, -0.1) is 0 Å². The van der Waals surface area contributed by atoms with Gasteiger partial charge in [-0.3, -0.25) is 9.10 Å². The molecular weight excluding hydrogens is 429 g/mol. The zero-order valence-electron chi connectivity index (χ0n) is 16.6. The molecule has 4 rings (SSSR count). The number of nitrogens with zero attached hydrogens (tertiary/aromatic N) is 3. The lowest BCUT2D eigenvalue weighted by Crippen LogP contribution is -2.56. The van der Waals surface area contributed by atoms with Crippen molar-refractivity contribution in [2.24, 2.45) is 0 Å². The number of benzene rings is 2. The van der Waals surface area contributed by atoms with Crippen LogP contribution in [0.2, 0.25) is 5.02 Å². The summed E-state index contributed by atoms with van der Waals surface area (Å²) in [6, 6.07) is 9.64. The number of piperazine rings is 1. The summed E-state index contributed by atoms with van der Waals surface area (Å²) in [5.41, 5.74) is 1.34. The van der Waals surface area contributed by atoms with Crippen molar-refractivity contribution in [2.45, 2.75) is 23.8 Å². The van der Waals surface area contributed by atoms with Crippen molar-refractivity contribution in [3.63, 3.8) is 0 Å². The van der Waals surface area contributed by atoms with E-state index in [1.807, 2.05) is 19.2 Å². The number of sulfonamides is 1. The molecule has 2 aliphatic heterocycles. The number of carbonyl (C=O) groups excluding carboxylic acids is 1. The number of rotatable bonds is 3. The smallest absolute Gasteiger partial charge is 0.265 e. The van der Waals surface area contributed by atoms with Gasteiger partial charge in [-0.1, -0.05) is 29.8 Å². The third-order valence-electron chi connectivity index (χ3n) is 5.75. The fourth-order valence-corrected chi connectivity index (χ4v) is 5.97. The topological polar surface area (TPSA) is 60.9 Å². The number of likely N-dealkylation sites (N-methyl/N-ethyl adjacent to an activating group) is 1. The first-order valence-corrected chi connectivity index (χ1v) is 11.7.